The average Bonchev–Trinajstić information content (AvgIpc) is 2.97. The van der Waals surface area contributed by atoms with Gasteiger partial charge in [-0.3, -0.25) is 4.79 Å². The molecule has 0 amide bonds. The summed E-state index contributed by atoms with van der Waals surface area (Å²) in [7, 11) is 0. The van der Waals surface area contributed by atoms with Gasteiger partial charge in [0.15, 0.2) is 5.78 Å². The highest BCUT2D eigenvalue weighted by Crippen LogP contribution is 2.44. The van der Waals surface area contributed by atoms with Crippen molar-refractivity contribution in [2.75, 3.05) is 17.2 Å². The second kappa shape index (κ2) is 8.50. The van der Waals surface area contributed by atoms with Crippen LogP contribution in [-0.4, -0.2) is 12.4 Å². The number of ether oxygens (including phenoxy) is 1. The van der Waals surface area contributed by atoms with E-state index in [2.05, 4.69) is 10.6 Å². The molecule has 0 spiro atoms. The third-order valence-electron chi connectivity index (χ3n) is 6.19. The minimum absolute atomic E-state index is 0.0335. The fourth-order valence-electron chi connectivity index (χ4n) is 4.67. The van der Waals surface area contributed by atoms with E-state index in [0.29, 0.717) is 30.6 Å². The summed E-state index contributed by atoms with van der Waals surface area (Å²) in [5, 5.41) is 6.92. The van der Waals surface area contributed by atoms with Gasteiger partial charge in [0, 0.05) is 23.3 Å². The maximum atomic E-state index is 14.8. The second-order valence-corrected chi connectivity index (χ2v) is 8.19. The Kier molecular flexibility index (Phi) is 5.39. The molecule has 2 aliphatic rings. The van der Waals surface area contributed by atoms with Gasteiger partial charge < -0.3 is 15.4 Å². The number of hydrogen-bond acceptors (Lipinski definition) is 4. The summed E-state index contributed by atoms with van der Waals surface area (Å²) >= 11 is 0. The maximum Gasteiger partial charge on any atom is 0.163 e. The molecular formula is C27H25FN2O2. The molecule has 1 aliphatic heterocycles. The molecule has 0 saturated heterocycles. The number of Topliss-reactive ketones (excluding diaryl/α,β-unsaturated/α-hetero) is 1. The largest absolute Gasteiger partial charge is 0.494 e. The SMILES string of the molecule is CCOc1ccc(C2CC(=O)C3=C(C2)Nc2ccccc2NC3c2ccccc2F)cc1. The Morgan fingerprint density at radius 3 is 2.41 bits per heavy atom. The fourth-order valence-corrected chi connectivity index (χ4v) is 4.67. The zero-order chi connectivity index (χ0) is 22.1. The molecule has 2 unspecified atom stereocenters. The first-order valence-corrected chi connectivity index (χ1v) is 11.0. The van der Waals surface area contributed by atoms with Gasteiger partial charge in [0.1, 0.15) is 11.6 Å². The van der Waals surface area contributed by atoms with Gasteiger partial charge >= 0.3 is 0 Å². The van der Waals surface area contributed by atoms with E-state index < -0.39 is 6.04 Å². The van der Waals surface area contributed by atoms with Crippen LogP contribution in [0, 0.1) is 5.82 Å². The molecule has 5 rings (SSSR count). The molecule has 0 fully saturated rings. The Morgan fingerprint density at radius 2 is 1.66 bits per heavy atom. The number of para-hydroxylation sites is 2. The number of halogens is 1. The number of fused-ring (bicyclic) bond motifs is 1. The molecule has 0 saturated carbocycles. The number of carbonyl (C=O) groups excluding carboxylic acids is 1. The third-order valence-corrected chi connectivity index (χ3v) is 6.19. The standard InChI is InChI=1S/C27H25FN2O2/c1-2-32-19-13-11-17(12-14-19)18-15-24-26(25(31)16-18)27(20-7-3-4-8-21(20)28)30-23-10-6-5-9-22(23)29-24/h3-14,18,27,29-30H,2,15-16H2,1H3. The summed E-state index contributed by atoms with van der Waals surface area (Å²) in [6, 6.07) is 21.9. The Bertz CT molecular complexity index is 1190. The highest BCUT2D eigenvalue weighted by atomic mass is 19.1. The molecule has 162 valence electrons. The van der Waals surface area contributed by atoms with E-state index in [1.807, 2.05) is 55.5 Å². The number of allylic oxidation sites excluding steroid dienone is 1. The van der Waals surface area contributed by atoms with E-state index in [1.165, 1.54) is 6.07 Å². The number of ketones is 1. The third kappa shape index (κ3) is 3.75. The topological polar surface area (TPSA) is 50.4 Å². The maximum absolute atomic E-state index is 14.8. The summed E-state index contributed by atoms with van der Waals surface area (Å²) in [4.78, 5) is 13.5. The Labute approximate surface area is 187 Å². The van der Waals surface area contributed by atoms with Crippen molar-refractivity contribution in [1.29, 1.82) is 0 Å². The Balaban J connectivity index is 1.56. The molecule has 4 nitrogen and oxygen atoms in total. The molecule has 1 heterocycles. The van der Waals surface area contributed by atoms with E-state index in [0.717, 1.165) is 28.4 Å². The lowest BCUT2D eigenvalue weighted by Gasteiger charge is -2.30. The van der Waals surface area contributed by atoms with Gasteiger partial charge in [0.25, 0.3) is 0 Å². The van der Waals surface area contributed by atoms with Crippen molar-refractivity contribution in [3.63, 3.8) is 0 Å². The van der Waals surface area contributed by atoms with Crippen molar-refractivity contribution in [3.05, 3.63) is 101 Å². The van der Waals surface area contributed by atoms with Crippen molar-refractivity contribution in [2.45, 2.75) is 31.7 Å². The summed E-state index contributed by atoms with van der Waals surface area (Å²) in [5.41, 5.74) is 4.79. The van der Waals surface area contributed by atoms with Crippen LogP contribution in [0.1, 0.15) is 42.9 Å². The average molecular weight is 429 g/mol. The van der Waals surface area contributed by atoms with Gasteiger partial charge in [-0.15, -0.1) is 0 Å². The van der Waals surface area contributed by atoms with Crippen LogP contribution in [0.5, 0.6) is 5.75 Å². The molecular weight excluding hydrogens is 403 g/mol. The number of rotatable bonds is 4. The molecule has 2 N–H and O–H groups in total. The molecule has 3 aromatic carbocycles. The highest BCUT2D eigenvalue weighted by molar-refractivity contribution is 6.01. The van der Waals surface area contributed by atoms with Crippen LogP contribution >= 0.6 is 0 Å². The summed E-state index contributed by atoms with van der Waals surface area (Å²) in [6.45, 7) is 2.57. The highest BCUT2D eigenvalue weighted by Gasteiger charge is 2.36. The van der Waals surface area contributed by atoms with Crippen LogP contribution in [-0.2, 0) is 4.79 Å². The first-order valence-electron chi connectivity index (χ1n) is 11.0. The van der Waals surface area contributed by atoms with Crippen LogP contribution in [0.25, 0.3) is 0 Å². The van der Waals surface area contributed by atoms with Crippen molar-refractivity contribution >= 4 is 17.2 Å². The van der Waals surface area contributed by atoms with E-state index >= 15 is 0 Å². The molecule has 0 radical (unpaired) electrons. The van der Waals surface area contributed by atoms with Gasteiger partial charge in [-0.05, 0) is 55.2 Å². The Hall–Kier alpha value is -3.60. The zero-order valence-electron chi connectivity index (χ0n) is 17.9. The molecule has 2 atom stereocenters. The summed E-state index contributed by atoms with van der Waals surface area (Å²) in [6.07, 6.45) is 1.06. The lowest BCUT2D eigenvalue weighted by Crippen LogP contribution is -2.27. The molecule has 32 heavy (non-hydrogen) atoms. The molecule has 3 aromatic rings. The fraction of sp³-hybridized carbons (Fsp3) is 0.222. The molecule has 5 heteroatoms. The number of carbonyl (C=O) groups is 1. The second-order valence-electron chi connectivity index (χ2n) is 8.19. The predicted octanol–water partition coefficient (Wildman–Crippen LogP) is 6.20. The summed E-state index contributed by atoms with van der Waals surface area (Å²) < 4.78 is 20.4. The van der Waals surface area contributed by atoms with Crippen LogP contribution < -0.4 is 15.4 Å². The van der Waals surface area contributed by atoms with Gasteiger partial charge in [-0.25, -0.2) is 4.39 Å². The molecule has 0 aromatic heterocycles. The lowest BCUT2D eigenvalue weighted by molar-refractivity contribution is -0.116. The summed E-state index contributed by atoms with van der Waals surface area (Å²) in [5.74, 6) is 0.587. The van der Waals surface area contributed by atoms with E-state index in [1.54, 1.807) is 18.2 Å². The number of benzene rings is 3. The normalized spacial score (nSPS) is 19.9. The predicted molar refractivity (Wildman–Crippen MR) is 124 cm³/mol. The van der Waals surface area contributed by atoms with Gasteiger partial charge in [0.2, 0.25) is 0 Å². The first-order chi connectivity index (χ1) is 15.6. The lowest BCUT2D eigenvalue weighted by atomic mass is 9.78. The van der Waals surface area contributed by atoms with Crippen molar-refractivity contribution in [3.8, 4) is 5.75 Å². The van der Waals surface area contributed by atoms with E-state index in [4.69, 9.17) is 4.74 Å². The number of nitrogens with one attached hydrogen (secondary N) is 2. The van der Waals surface area contributed by atoms with Crippen LogP contribution in [0.15, 0.2) is 84.1 Å². The van der Waals surface area contributed by atoms with Crippen molar-refractivity contribution < 1.29 is 13.9 Å². The zero-order valence-corrected chi connectivity index (χ0v) is 17.9. The van der Waals surface area contributed by atoms with Crippen molar-refractivity contribution in [1.82, 2.24) is 0 Å². The van der Waals surface area contributed by atoms with Crippen LogP contribution in [0.3, 0.4) is 0 Å². The van der Waals surface area contributed by atoms with E-state index in [9.17, 15) is 9.18 Å². The van der Waals surface area contributed by atoms with Gasteiger partial charge in [-0.1, -0.05) is 42.5 Å². The van der Waals surface area contributed by atoms with Crippen molar-refractivity contribution in [2.24, 2.45) is 0 Å². The van der Waals surface area contributed by atoms with E-state index in [-0.39, 0.29) is 17.5 Å². The monoisotopic (exact) mass is 428 g/mol. The quantitative estimate of drug-likeness (QED) is 0.519. The minimum atomic E-state index is -0.545. The van der Waals surface area contributed by atoms with Crippen LogP contribution in [0.4, 0.5) is 15.8 Å². The Morgan fingerprint density at radius 1 is 0.938 bits per heavy atom. The minimum Gasteiger partial charge on any atom is -0.494 e. The number of hydrogen-bond donors (Lipinski definition) is 2. The first kappa shape index (κ1) is 20.3. The molecule has 1 aliphatic carbocycles. The van der Waals surface area contributed by atoms with Crippen LogP contribution in [0.2, 0.25) is 0 Å². The smallest absolute Gasteiger partial charge is 0.163 e. The number of anilines is 2. The molecule has 0 bridgehead atoms. The van der Waals surface area contributed by atoms with Gasteiger partial charge in [-0.2, -0.15) is 0 Å². The van der Waals surface area contributed by atoms with Gasteiger partial charge in [0.05, 0.1) is 24.0 Å².